The summed E-state index contributed by atoms with van der Waals surface area (Å²) in [5, 5.41) is 0. The van der Waals surface area contributed by atoms with E-state index in [1.165, 1.54) is 32.1 Å². The number of hydrogen-bond acceptors (Lipinski definition) is 0. The van der Waals surface area contributed by atoms with E-state index in [4.69, 9.17) is 0 Å². The van der Waals surface area contributed by atoms with Crippen LogP contribution >= 0.6 is 0 Å². The van der Waals surface area contributed by atoms with Gasteiger partial charge in [-0.3, -0.25) is 0 Å². The summed E-state index contributed by atoms with van der Waals surface area (Å²) in [7, 11) is 0. The monoisotopic (exact) mass is 302 g/mol. The standard InChI is InChI=1S/C22H24N/c1-2-6-19-17(5-1)14-23-8-4-3-7-20(23)22-12-15-9-16(13-22)11-18(10-15)21(19)22/h1-8,15-16,18,21H,9-14H2/q+1. The van der Waals surface area contributed by atoms with Crippen molar-refractivity contribution in [1.29, 1.82) is 0 Å². The Morgan fingerprint density at radius 2 is 1.65 bits per heavy atom. The third kappa shape index (κ3) is 1.56. The van der Waals surface area contributed by atoms with Crippen LogP contribution in [0.15, 0.2) is 48.7 Å². The predicted molar refractivity (Wildman–Crippen MR) is 90.2 cm³/mol. The lowest BCUT2D eigenvalue weighted by atomic mass is 9.43. The molecule has 2 aromatic rings. The fourth-order valence-electron chi connectivity index (χ4n) is 7.19. The summed E-state index contributed by atoms with van der Waals surface area (Å²) in [6.45, 7) is 1.06. The first-order valence-corrected chi connectivity index (χ1v) is 9.40. The van der Waals surface area contributed by atoms with Crippen molar-refractivity contribution in [3.8, 4) is 0 Å². The number of fused-ring (bicyclic) bond motifs is 2. The number of nitrogens with zero attached hydrogens (tertiary/aromatic N) is 1. The van der Waals surface area contributed by atoms with Gasteiger partial charge in [0.1, 0.15) is 0 Å². The third-order valence-electron chi connectivity index (χ3n) is 7.49. The summed E-state index contributed by atoms with van der Waals surface area (Å²) in [5.41, 5.74) is 5.31. The average Bonchev–Trinajstić information content (AvgIpc) is 2.67. The number of benzene rings is 1. The lowest BCUT2D eigenvalue weighted by Gasteiger charge is -2.59. The van der Waals surface area contributed by atoms with Crippen molar-refractivity contribution in [2.75, 3.05) is 0 Å². The van der Waals surface area contributed by atoms with Gasteiger partial charge in [0, 0.05) is 23.6 Å². The first kappa shape index (κ1) is 12.8. The lowest BCUT2D eigenvalue weighted by Crippen LogP contribution is -2.57. The molecule has 0 saturated heterocycles. The molecule has 3 unspecified atom stereocenters. The lowest BCUT2D eigenvalue weighted by molar-refractivity contribution is -0.699. The molecular formula is C22H24N+. The normalized spacial score (nSPS) is 39.3. The Morgan fingerprint density at radius 3 is 2.52 bits per heavy atom. The molecule has 1 aromatic heterocycles. The number of hydrogen-bond donors (Lipinski definition) is 0. The molecule has 3 atom stereocenters. The first-order chi connectivity index (χ1) is 11.3. The minimum Gasteiger partial charge on any atom is -0.198 e. The Bertz CT molecular complexity index is 778. The van der Waals surface area contributed by atoms with Crippen molar-refractivity contribution < 1.29 is 4.57 Å². The van der Waals surface area contributed by atoms with Gasteiger partial charge in [0.2, 0.25) is 0 Å². The van der Waals surface area contributed by atoms with Crippen LogP contribution in [0, 0.1) is 17.8 Å². The van der Waals surface area contributed by atoms with E-state index in [2.05, 4.69) is 53.2 Å². The van der Waals surface area contributed by atoms with Gasteiger partial charge in [-0.1, -0.05) is 30.3 Å². The molecule has 4 aliphatic carbocycles. The van der Waals surface area contributed by atoms with Crippen molar-refractivity contribution in [2.45, 2.75) is 50.0 Å². The fourth-order valence-corrected chi connectivity index (χ4v) is 7.19. The molecule has 4 bridgehead atoms. The van der Waals surface area contributed by atoms with Crippen LogP contribution < -0.4 is 4.57 Å². The van der Waals surface area contributed by atoms with E-state index in [0.29, 0.717) is 5.41 Å². The number of rotatable bonds is 0. The molecule has 5 aliphatic rings. The number of aromatic nitrogens is 1. The van der Waals surface area contributed by atoms with Gasteiger partial charge in [-0.15, -0.1) is 0 Å². The summed E-state index contributed by atoms with van der Waals surface area (Å²) < 4.78 is 2.58. The molecule has 1 aliphatic heterocycles. The molecule has 23 heavy (non-hydrogen) atoms. The Labute approximate surface area is 138 Å². The van der Waals surface area contributed by atoms with Gasteiger partial charge >= 0.3 is 0 Å². The highest BCUT2D eigenvalue weighted by molar-refractivity contribution is 5.40. The maximum Gasteiger partial charge on any atom is 0.188 e. The van der Waals surface area contributed by atoms with Gasteiger partial charge in [-0.2, -0.15) is 4.57 Å². The number of pyridine rings is 1. The van der Waals surface area contributed by atoms with Crippen molar-refractivity contribution in [2.24, 2.45) is 17.8 Å². The van der Waals surface area contributed by atoms with Gasteiger partial charge in [-0.05, 0) is 55.4 Å². The van der Waals surface area contributed by atoms with Gasteiger partial charge in [0.25, 0.3) is 0 Å². The van der Waals surface area contributed by atoms with E-state index in [9.17, 15) is 0 Å². The van der Waals surface area contributed by atoms with Crippen molar-refractivity contribution in [3.05, 3.63) is 65.5 Å². The van der Waals surface area contributed by atoms with Gasteiger partial charge in [-0.25, -0.2) is 0 Å². The third-order valence-corrected chi connectivity index (χ3v) is 7.49. The molecule has 116 valence electrons. The SMILES string of the molecule is c1ccc2c(c1)C[n+]1ccccc1C13CC4CC(CC(C4)C21)C3. The molecule has 4 fully saturated rings. The summed E-state index contributed by atoms with van der Waals surface area (Å²) in [6.07, 6.45) is 9.69. The molecule has 1 nitrogen and oxygen atoms in total. The Balaban J connectivity index is 1.68. The van der Waals surface area contributed by atoms with E-state index < -0.39 is 0 Å². The first-order valence-electron chi connectivity index (χ1n) is 9.40. The largest absolute Gasteiger partial charge is 0.198 e. The molecule has 2 heterocycles. The van der Waals surface area contributed by atoms with E-state index in [0.717, 1.165) is 30.2 Å². The fraction of sp³-hybridized carbons (Fsp3) is 0.500. The topological polar surface area (TPSA) is 3.88 Å². The quantitative estimate of drug-likeness (QED) is 0.642. The second-order valence-electron chi connectivity index (χ2n) is 8.65. The molecule has 7 rings (SSSR count). The van der Waals surface area contributed by atoms with Crippen molar-refractivity contribution >= 4 is 0 Å². The highest BCUT2D eigenvalue weighted by atomic mass is 15.0. The minimum absolute atomic E-state index is 0.419. The predicted octanol–water partition coefficient (Wildman–Crippen LogP) is 4.20. The highest BCUT2D eigenvalue weighted by Crippen LogP contribution is 2.66. The molecule has 0 amide bonds. The maximum atomic E-state index is 2.58. The second-order valence-corrected chi connectivity index (χ2v) is 8.65. The Hall–Kier alpha value is -1.63. The van der Waals surface area contributed by atoms with Crippen molar-refractivity contribution in [3.63, 3.8) is 0 Å². The molecule has 4 saturated carbocycles. The smallest absolute Gasteiger partial charge is 0.188 e. The second kappa shape index (κ2) is 4.26. The molecular weight excluding hydrogens is 278 g/mol. The van der Waals surface area contributed by atoms with Gasteiger partial charge in [0.15, 0.2) is 18.4 Å². The van der Waals surface area contributed by atoms with Crippen LogP contribution in [0.1, 0.15) is 54.8 Å². The van der Waals surface area contributed by atoms with E-state index >= 15 is 0 Å². The molecule has 1 aromatic carbocycles. The van der Waals surface area contributed by atoms with Crippen LogP contribution in [0.5, 0.6) is 0 Å². The minimum atomic E-state index is 0.419. The summed E-state index contributed by atoms with van der Waals surface area (Å²) in [6, 6.07) is 16.3. The molecule has 0 N–H and O–H groups in total. The highest BCUT2D eigenvalue weighted by Gasteiger charge is 2.62. The van der Waals surface area contributed by atoms with Crippen LogP contribution in [0.4, 0.5) is 0 Å². The molecule has 1 spiro atoms. The zero-order chi connectivity index (χ0) is 15.0. The van der Waals surface area contributed by atoms with E-state index in [1.807, 2.05) is 0 Å². The van der Waals surface area contributed by atoms with Crippen LogP contribution in [0.2, 0.25) is 0 Å². The Kier molecular flexibility index (Phi) is 2.36. The summed E-state index contributed by atoms with van der Waals surface area (Å²) >= 11 is 0. The summed E-state index contributed by atoms with van der Waals surface area (Å²) in [5.74, 6) is 3.67. The average molecular weight is 302 g/mol. The molecule has 0 radical (unpaired) electrons. The van der Waals surface area contributed by atoms with Crippen LogP contribution in [-0.2, 0) is 12.0 Å². The van der Waals surface area contributed by atoms with Crippen LogP contribution in [0.25, 0.3) is 0 Å². The van der Waals surface area contributed by atoms with Crippen LogP contribution in [0.3, 0.4) is 0 Å². The van der Waals surface area contributed by atoms with Crippen molar-refractivity contribution in [1.82, 2.24) is 0 Å². The van der Waals surface area contributed by atoms with Gasteiger partial charge < -0.3 is 0 Å². The van der Waals surface area contributed by atoms with E-state index in [1.54, 1.807) is 16.8 Å². The Morgan fingerprint density at radius 1 is 0.870 bits per heavy atom. The van der Waals surface area contributed by atoms with Gasteiger partial charge in [0.05, 0.1) is 5.41 Å². The summed E-state index contributed by atoms with van der Waals surface area (Å²) in [4.78, 5) is 0. The maximum absolute atomic E-state index is 2.58. The zero-order valence-electron chi connectivity index (χ0n) is 13.6. The van der Waals surface area contributed by atoms with Crippen LogP contribution in [-0.4, -0.2) is 0 Å². The van der Waals surface area contributed by atoms with E-state index in [-0.39, 0.29) is 0 Å². The zero-order valence-corrected chi connectivity index (χ0v) is 13.6. The molecule has 1 heteroatoms.